The van der Waals surface area contributed by atoms with Crippen LogP contribution >= 0.6 is 0 Å². The highest BCUT2D eigenvalue weighted by Crippen LogP contribution is 2.38. The second-order valence-corrected chi connectivity index (χ2v) is 9.91. The van der Waals surface area contributed by atoms with Gasteiger partial charge >= 0.3 is 35.8 Å². The molecule has 0 aromatic carbocycles. The molecule has 0 aromatic rings. The first-order chi connectivity index (χ1) is 20.0. The summed E-state index contributed by atoms with van der Waals surface area (Å²) in [7, 11) is 1.04. The predicted molar refractivity (Wildman–Crippen MR) is 136 cm³/mol. The van der Waals surface area contributed by atoms with Crippen LogP contribution in [0.1, 0.15) is 48.0 Å². The number of aliphatic hydroxyl groups is 1. The summed E-state index contributed by atoms with van der Waals surface area (Å²) in [5, 5.41) is 13.3. The highest BCUT2D eigenvalue weighted by Gasteiger charge is 2.56. The van der Waals surface area contributed by atoms with Crippen molar-refractivity contribution in [2.45, 2.75) is 103 Å². The zero-order valence-corrected chi connectivity index (χ0v) is 24.8. The number of amides is 1. The number of rotatable bonds is 10. The van der Waals surface area contributed by atoms with E-state index in [9.17, 15) is 38.7 Å². The first-order valence-electron chi connectivity index (χ1n) is 13.2. The molecule has 2 rings (SSSR count). The second-order valence-electron chi connectivity index (χ2n) is 9.91. The average Bonchev–Trinajstić information content (AvgIpc) is 2.87. The summed E-state index contributed by atoms with van der Waals surface area (Å²) in [6.07, 6.45) is -12.4. The minimum Gasteiger partial charge on any atom is -0.467 e. The largest absolute Gasteiger partial charge is 0.467 e. The zero-order valence-electron chi connectivity index (χ0n) is 24.8. The normalized spacial score (nSPS) is 31.9. The van der Waals surface area contributed by atoms with Crippen LogP contribution in [0.3, 0.4) is 0 Å². The molecule has 0 radical (unpaired) electrons. The summed E-state index contributed by atoms with van der Waals surface area (Å²) in [5.41, 5.74) is 0. The lowest BCUT2D eigenvalue weighted by atomic mass is 9.79. The molecule has 2 saturated heterocycles. The monoisotopic (exact) mass is 619 g/mol. The highest BCUT2D eigenvalue weighted by atomic mass is 16.7. The molecule has 0 saturated carbocycles. The molecule has 2 heterocycles. The Bertz CT molecular complexity index is 1080. The number of carbonyl (C=O) groups excluding carboxylic acids is 7. The smallest absolute Gasteiger partial charge is 0.339 e. The minimum absolute atomic E-state index is 0.365. The van der Waals surface area contributed by atoms with E-state index in [2.05, 4.69) is 5.32 Å². The van der Waals surface area contributed by atoms with E-state index in [1.165, 1.54) is 0 Å². The molecular formula is C26H37NO16. The van der Waals surface area contributed by atoms with Crippen LogP contribution in [-0.2, 0) is 71.5 Å². The number of hydrogen-bond donors (Lipinski definition) is 2. The van der Waals surface area contributed by atoms with Gasteiger partial charge in [-0.25, -0.2) is 4.79 Å². The lowest BCUT2D eigenvalue weighted by Crippen LogP contribution is -2.66. The molecule has 17 heteroatoms. The van der Waals surface area contributed by atoms with Gasteiger partial charge in [0.15, 0.2) is 30.7 Å². The van der Waals surface area contributed by atoms with Gasteiger partial charge in [-0.1, -0.05) is 0 Å². The topological polar surface area (TPSA) is 226 Å². The fourth-order valence-electron chi connectivity index (χ4n) is 5.07. The van der Waals surface area contributed by atoms with Gasteiger partial charge in [0.1, 0.15) is 18.8 Å². The molecule has 43 heavy (non-hydrogen) atoms. The van der Waals surface area contributed by atoms with Crippen molar-refractivity contribution in [2.24, 2.45) is 5.92 Å². The van der Waals surface area contributed by atoms with Crippen molar-refractivity contribution in [3.05, 3.63) is 0 Å². The van der Waals surface area contributed by atoms with E-state index in [1.54, 1.807) is 0 Å². The first kappa shape index (κ1) is 35.4. The number of aliphatic hydroxyl groups excluding tert-OH is 1. The van der Waals surface area contributed by atoms with Gasteiger partial charge in [0.2, 0.25) is 5.91 Å². The number of hydrogen-bond acceptors (Lipinski definition) is 16. The first-order valence-corrected chi connectivity index (χ1v) is 13.2. The zero-order chi connectivity index (χ0) is 32.6. The molecule has 0 aromatic heterocycles. The van der Waals surface area contributed by atoms with Gasteiger partial charge in [0.05, 0.1) is 19.3 Å². The minimum atomic E-state index is -1.82. The molecule has 0 aliphatic carbocycles. The Morgan fingerprint density at radius 3 is 1.63 bits per heavy atom. The third kappa shape index (κ3) is 9.86. The second kappa shape index (κ2) is 15.6. The van der Waals surface area contributed by atoms with Gasteiger partial charge in [-0.05, 0) is 6.42 Å². The van der Waals surface area contributed by atoms with Gasteiger partial charge < -0.3 is 48.3 Å². The summed E-state index contributed by atoms with van der Waals surface area (Å²) in [6, 6.07) is -1.32. The fraction of sp³-hybridized carbons (Fsp3) is 0.731. The van der Waals surface area contributed by atoms with Crippen molar-refractivity contribution in [3.63, 3.8) is 0 Å². The van der Waals surface area contributed by atoms with Crippen molar-refractivity contribution in [3.8, 4) is 0 Å². The fourth-order valence-corrected chi connectivity index (χ4v) is 5.07. The Morgan fingerprint density at radius 1 is 0.674 bits per heavy atom. The van der Waals surface area contributed by atoms with E-state index in [4.69, 9.17) is 37.9 Å². The van der Waals surface area contributed by atoms with Crippen LogP contribution in [0.5, 0.6) is 0 Å². The van der Waals surface area contributed by atoms with Crippen LogP contribution in [-0.4, -0.2) is 116 Å². The molecule has 0 bridgehead atoms. The van der Waals surface area contributed by atoms with E-state index in [0.29, 0.717) is 0 Å². The average molecular weight is 620 g/mol. The third-order valence-corrected chi connectivity index (χ3v) is 6.47. The van der Waals surface area contributed by atoms with Crippen molar-refractivity contribution in [1.82, 2.24) is 5.32 Å². The molecule has 1 amide bonds. The van der Waals surface area contributed by atoms with E-state index >= 15 is 0 Å². The summed E-state index contributed by atoms with van der Waals surface area (Å²) in [6.45, 7) is 5.99. The van der Waals surface area contributed by atoms with E-state index in [0.717, 1.165) is 48.7 Å². The lowest BCUT2D eigenvalue weighted by molar-refractivity contribution is -0.268. The summed E-state index contributed by atoms with van der Waals surface area (Å²) in [4.78, 5) is 84.8. The van der Waals surface area contributed by atoms with Gasteiger partial charge in [-0.3, -0.25) is 28.8 Å². The van der Waals surface area contributed by atoms with E-state index in [1.807, 2.05) is 0 Å². The van der Waals surface area contributed by atoms with Crippen molar-refractivity contribution in [2.75, 3.05) is 13.7 Å². The Hall–Kier alpha value is -3.83. The maximum atomic E-state index is 12.6. The molecule has 0 unspecified atom stereocenters. The molecule has 10 atom stereocenters. The van der Waals surface area contributed by atoms with Crippen LogP contribution in [0.25, 0.3) is 0 Å². The van der Waals surface area contributed by atoms with Crippen molar-refractivity contribution in [1.29, 1.82) is 0 Å². The molecule has 242 valence electrons. The number of nitrogens with one attached hydrogen (secondary N) is 1. The SMILES string of the molecule is COC(=O)[C@H]1O[C@H](O)[C@H](NC(C)=O)[C@@H](C[C@H]2O[C@H](COC(C)=O)[C@@H](OC(C)=O)[C@H](OC(C)=O)[C@@H]2OC(C)=O)[C@H]1OC(C)=O. The van der Waals surface area contributed by atoms with Crippen LogP contribution < -0.4 is 5.32 Å². The number of ether oxygens (including phenoxy) is 8. The molecular weight excluding hydrogens is 582 g/mol. The molecule has 2 aliphatic heterocycles. The van der Waals surface area contributed by atoms with Gasteiger partial charge in [0, 0.05) is 47.5 Å². The van der Waals surface area contributed by atoms with E-state index in [-0.39, 0.29) is 6.42 Å². The molecule has 17 nitrogen and oxygen atoms in total. The highest BCUT2D eigenvalue weighted by molar-refractivity contribution is 5.77. The molecule has 2 N–H and O–H groups in total. The quantitative estimate of drug-likeness (QED) is 0.208. The van der Waals surface area contributed by atoms with Crippen LogP contribution in [0.4, 0.5) is 0 Å². The Balaban J connectivity index is 2.69. The maximum Gasteiger partial charge on any atom is 0.339 e. The lowest BCUT2D eigenvalue weighted by Gasteiger charge is -2.48. The standard InChI is InChI=1S/C26H37NO16/c1-10(28)27-19-16(20(38-12(3)30)24(26(35)36-7)43-25(19)34)8-17-21(39-13(4)31)23(41-15(6)33)22(40-14(5)32)18(42-17)9-37-11(2)29/h16-25,34H,8-9H2,1-7H3,(H,27,28)/t16-,17-,18-,19-,20-,21-,22-,23-,24+,25+/m1/s1. The Kier molecular flexibility index (Phi) is 12.8. The summed E-state index contributed by atoms with van der Waals surface area (Å²) in [5.74, 6) is -6.95. The number of methoxy groups -OCH3 is 1. The Morgan fingerprint density at radius 2 is 1.16 bits per heavy atom. The molecule has 2 fully saturated rings. The molecule has 0 spiro atoms. The van der Waals surface area contributed by atoms with Crippen LogP contribution in [0.2, 0.25) is 0 Å². The number of esters is 6. The van der Waals surface area contributed by atoms with E-state index < -0.39 is 109 Å². The predicted octanol–water partition coefficient (Wildman–Crippen LogP) is -1.56. The van der Waals surface area contributed by atoms with Crippen LogP contribution in [0, 0.1) is 5.92 Å². The van der Waals surface area contributed by atoms with Crippen molar-refractivity contribution >= 4 is 41.7 Å². The number of carbonyl (C=O) groups is 7. The summed E-state index contributed by atoms with van der Waals surface area (Å²) >= 11 is 0. The maximum absolute atomic E-state index is 12.6. The van der Waals surface area contributed by atoms with Gasteiger partial charge in [-0.2, -0.15) is 0 Å². The Labute approximate surface area is 246 Å². The van der Waals surface area contributed by atoms with Gasteiger partial charge in [0.25, 0.3) is 0 Å². The van der Waals surface area contributed by atoms with Crippen LogP contribution in [0.15, 0.2) is 0 Å². The van der Waals surface area contributed by atoms with Gasteiger partial charge in [-0.15, -0.1) is 0 Å². The third-order valence-electron chi connectivity index (χ3n) is 6.47. The van der Waals surface area contributed by atoms with Crippen molar-refractivity contribution < 1.29 is 76.6 Å². The molecule has 2 aliphatic rings. The summed E-state index contributed by atoms with van der Waals surface area (Å²) < 4.78 is 43.0.